The maximum absolute atomic E-state index is 15.0. The topological polar surface area (TPSA) is 80.7 Å². The van der Waals surface area contributed by atoms with Crippen LogP contribution in [0.25, 0.3) is 11.1 Å². The second kappa shape index (κ2) is 8.94. The fraction of sp³-hybridized carbons (Fsp3) is 0.240. The van der Waals surface area contributed by atoms with Crippen LogP contribution in [0.4, 0.5) is 8.78 Å². The summed E-state index contributed by atoms with van der Waals surface area (Å²) >= 11 is 0. The van der Waals surface area contributed by atoms with Gasteiger partial charge in [-0.15, -0.1) is 0 Å². The lowest BCUT2D eigenvalue weighted by Crippen LogP contribution is -2.39. The molecular formula is C25H24F2O5S. The Hall–Kier alpha value is -3.26. The van der Waals surface area contributed by atoms with Crippen molar-refractivity contribution in [2.45, 2.75) is 43.6 Å². The molecule has 0 saturated carbocycles. The molecule has 3 rings (SSSR count). The molecule has 1 atom stereocenters. The van der Waals surface area contributed by atoms with Crippen molar-refractivity contribution in [3.8, 4) is 16.9 Å². The third kappa shape index (κ3) is 5.22. The zero-order valence-electron chi connectivity index (χ0n) is 18.6. The maximum atomic E-state index is 15.0. The number of aryl methyl sites for hydroxylation is 1. The van der Waals surface area contributed by atoms with E-state index < -0.39 is 43.9 Å². The smallest absolute Gasteiger partial charge is 0.345 e. The van der Waals surface area contributed by atoms with Crippen molar-refractivity contribution in [3.63, 3.8) is 0 Å². The Morgan fingerprint density at radius 2 is 1.61 bits per heavy atom. The molecule has 3 aromatic carbocycles. The van der Waals surface area contributed by atoms with E-state index in [9.17, 15) is 22.7 Å². The molecule has 1 N–H and O–H groups in total. The van der Waals surface area contributed by atoms with Gasteiger partial charge in [-0.3, -0.25) is 0 Å². The van der Waals surface area contributed by atoms with Gasteiger partial charge in [-0.05, 0) is 61.0 Å². The summed E-state index contributed by atoms with van der Waals surface area (Å²) < 4.78 is 59.6. The minimum atomic E-state index is -4.20. The number of carbonyl (C=O) groups is 1. The largest absolute Gasteiger partial charge is 0.478 e. The molecule has 33 heavy (non-hydrogen) atoms. The van der Waals surface area contributed by atoms with Crippen molar-refractivity contribution >= 4 is 15.8 Å². The highest BCUT2D eigenvalue weighted by atomic mass is 32.2. The molecule has 0 bridgehead atoms. The summed E-state index contributed by atoms with van der Waals surface area (Å²) in [6.45, 7) is 7.01. The Labute approximate surface area is 191 Å². The summed E-state index contributed by atoms with van der Waals surface area (Å²) in [7, 11) is -4.20. The lowest BCUT2D eigenvalue weighted by atomic mass is 9.89. The van der Waals surface area contributed by atoms with Crippen molar-refractivity contribution in [2.75, 3.05) is 0 Å². The summed E-state index contributed by atoms with van der Waals surface area (Å²) in [5.41, 5.74) is 0.854. The van der Waals surface area contributed by atoms with Crippen LogP contribution in [0, 0.1) is 24.0 Å². The van der Waals surface area contributed by atoms with Gasteiger partial charge in [-0.2, -0.15) is 0 Å². The molecule has 0 radical (unpaired) electrons. The van der Waals surface area contributed by atoms with Crippen molar-refractivity contribution in [3.05, 3.63) is 77.9 Å². The SMILES string of the molecule is Cc1ccc(OC(C(=O)O)C(C)(C)C)c(-c2ccc(S(=O)(=O)c3ccc(F)cc3)c(F)c2)c1. The van der Waals surface area contributed by atoms with E-state index in [2.05, 4.69) is 0 Å². The maximum Gasteiger partial charge on any atom is 0.345 e. The van der Waals surface area contributed by atoms with Crippen LogP contribution in [0.1, 0.15) is 26.3 Å². The fourth-order valence-electron chi connectivity index (χ4n) is 3.32. The van der Waals surface area contributed by atoms with Crippen LogP contribution in [0.5, 0.6) is 5.75 Å². The number of aliphatic carboxylic acids is 1. The molecule has 0 aliphatic rings. The van der Waals surface area contributed by atoms with Crippen molar-refractivity contribution < 1.29 is 31.8 Å². The second-order valence-corrected chi connectivity index (χ2v) is 10.7. The van der Waals surface area contributed by atoms with Crippen LogP contribution >= 0.6 is 0 Å². The van der Waals surface area contributed by atoms with Gasteiger partial charge in [0.25, 0.3) is 0 Å². The number of sulfone groups is 1. The molecule has 0 spiro atoms. The first-order chi connectivity index (χ1) is 15.3. The first-order valence-corrected chi connectivity index (χ1v) is 11.6. The van der Waals surface area contributed by atoms with E-state index in [0.29, 0.717) is 11.1 Å². The van der Waals surface area contributed by atoms with Gasteiger partial charge in [0.05, 0.1) is 4.90 Å². The van der Waals surface area contributed by atoms with E-state index in [1.54, 1.807) is 39.0 Å². The van der Waals surface area contributed by atoms with Crippen molar-refractivity contribution in [1.82, 2.24) is 0 Å². The predicted molar refractivity (Wildman–Crippen MR) is 120 cm³/mol. The first kappa shape index (κ1) is 24.4. The van der Waals surface area contributed by atoms with Gasteiger partial charge in [0.1, 0.15) is 22.3 Å². The second-order valence-electron chi connectivity index (χ2n) is 8.80. The zero-order chi connectivity index (χ0) is 24.6. The number of carboxylic acids is 1. The third-order valence-electron chi connectivity index (χ3n) is 5.05. The highest BCUT2D eigenvalue weighted by Gasteiger charge is 2.34. The van der Waals surface area contributed by atoms with Gasteiger partial charge in [0, 0.05) is 11.0 Å². The molecule has 0 amide bonds. The highest BCUT2D eigenvalue weighted by molar-refractivity contribution is 7.91. The molecule has 0 aromatic heterocycles. The van der Waals surface area contributed by atoms with Gasteiger partial charge in [-0.25, -0.2) is 22.0 Å². The molecule has 5 nitrogen and oxygen atoms in total. The van der Waals surface area contributed by atoms with Crippen LogP contribution in [-0.4, -0.2) is 25.6 Å². The van der Waals surface area contributed by atoms with Crippen LogP contribution in [0.3, 0.4) is 0 Å². The third-order valence-corrected chi connectivity index (χ3v) is 6.85. The van der Waals surface area contributed by atoms with Crippen molar-refractivity contribution in [1.29, 1.82) is 0 Å². The zero-order valence-corrected chi connectivity index (χ0v) is 19.4. The normalized spacial score (nSPS) is 12.9. The summed E-state index contributed by atoms with van der Waals surface area (Å²) in [6, 6.07) is 12.8. The average Bonchev–Trinajstić information content (AvgIpc) is 2.71. The Kier molecular flexibility index (Phi) is 6.61. The van der Waals surface area contributed by atoms with E-state index in [1.165, 1.54) is 6.07 Å². The lowest BCUT2D eigenvalue weighted by Gasteiger charge is -2.28. The Morgan fingerprint density at radius 1 is 0.970 bits per heavy atom. The number of halogens is 2. The van der Waals surface area contributed by atoms with E-state index in [4.69, 9.17) is 4.74 Å². The highest BCUT2D eigenvalue weighted by Crippen LogP contribution is 2.36. The number of hydrogen-bond donors (Lipinski definition) is 1. The van der Waals surface area contributed by atoms with Crippen LogP contribution in [0.2, 0.25) is 0 Å². The number of benzene rings is 3. The summed E-state index contributed by atoms with van der Waals surface area (Å²) in [4.78, 5) is 11.0. The molecule has 0 fully saturated rings. The summed E-state index contributed by atoms with van der Waals surface area (Å²) in [5.74, 6) is -2.50. The van der Waals surface area contributed by atoms with Crippen LogP contribution in [-0.2, 0) is 14.6 Å². The summed E-state index contributed by atoms with van der Waals surface area (Å²) in [6.07, 6.45) is -1.16. The first-order valence-electron chi connectivity index (χ1n) is 10.1. The van der Waals surface area contributed by atoms with Gasteiger partial charge in [0.2, 0.25) is 9.84 Å². The molecule has 0 aliphatic carbocycles. The molecule has 0 heterocycles. The fourth-order valence-corrected chi connectivity index (χ4v) is 4.63. The van der Waals surface area contributed by atoms with Gasteiger partial charge in [0.15, 0.2) is 6.10 Å². The molecule has 174 valence electrons. The van der Waals surface area contributed by atoms with Crippen LogP contribution < -0.4 is 4.74 Å². The molecular weight excluding hydrogens is 450 g/mol. The Balaban J connectivity index is 2.06. The van der Waals surface area contributed by atoms with Gasteiger partial charge in [-0.1, -0.05) is 38.5 Å². The van der Waals surface area contributed by atoms with Crippen molar-refractivity contribution in [2.24, 2.45) is 5.41 Å². The molecule has 3 aromatic rings. The van der Waals surface area contributed by atoms with Gasteiger partial charge < -0.3 is 9.84 Å². The van der Waals surface area contributed by atoms with E-state index >= 15 is 4.39 Å². The van der Waals surface area contributed by atoms with Gasteiger partial charge >= 0.3 is 5.97 Å². The quantitative estimate of drug-likeness (QED) is 0.467. The standard InChI is InChI=1S/C25H24F2O5S/c1-15-5-11-21(32-23(24(28)29)25(2,3)4)19(13-15)16-6-12-22(20(27)14-16)33(30,31)18-9-7-17(26)8-10-18/h5-14,23H,1-4H3,(H,28,29). The predicted octanol–water partition coefficient (Wildman–Crippen LogP) is 5.65. The molecule has 0 aliphatic heterocycles. The molecule has 8 heteroatoms. The minimum absolute atomic E-state index is 0.232. The minimum Gasteiger partial charge on any atom is -0.478 e. The number of carboxylic acid groups (broad SMARTS) is 1. The molecule has 1 unspecified atom stereocenters. The van der Waals surface area contributed by atoms with Crippen LogP contribution in [0.15, 0.2) is 70.5 Å². The number of hydrogen-bond acceptors (Lipinski definition) is 4. The Bertz CT molecular complexity index is 1290. The summed E-state index contributed by atoms with van der Waals surface area (Å²) in [5, 5.41) is 9.61. The lowest BCUT2D eigenvalue weighted by molar-refractivity contribution is -0.150. The molecule has 0 saturated heterocycles. The monoisotopic (exact) mass is 474 g/mol. The van der Waals surface area contributed by atoms with E-state index in [0.717, 1.165) is 42.0 Å². The Morgan fingerprint density at radius 3 is 2.15 bits per heavy atom. The van der Waals surface area contributed by atoms with E-state index in [1.807, 2.05) is 6.92 Å². The number of rotatable bonds is 6. The van der Waals surface area contributed by atoms with E-state index in [-0.39, 0.29) is 10.6 Å². The number of ether oxygens (including phenoxy) is 1. The average molecular weight is 475 g/mol.